The predicted octanol–water partition coefficient (Wildman–Crippen LogP) is 5.91. The number of nitrogens with zero attached hydrogens (tertiary/aromatic N) is 1. The molecule has 31 heavy (non-hydrogen) atoms. The number of aliphatic carboxylic acids is 1. The maximum absolute atomic E-state index is 11.5. The summed E-state index contributed by atoms with van der Waals surface area (Å²) in [5, 5.41) is 9.42. The molecule has 0 amide bonds. The summed E-state index contributed by atoms with van der Waals surface area (Å²) in [5.74, 6) is -0.100. The van der Waals surface area contributed by atoms with Crippen LogP contribution >= 0.6 is 15.9 Å². The Morgan fingerprint density at radius 3 is 2.23 bits per heavy atom. The molecule has 0 aromatic heterocycles. The number of para-hydroxylation sites is 1. The number of hydrogen-bond acceptors (Lipinski definition) is 3. The van der Waals surface area contributed by atoms with Gasteiger partial charge in [-0.1, -0.05) is 82.7 Å². The zero-order chi connectivity index (χ0) is 21.6. The van der Waals surface area contributed by atoms with Gasteiger partial charge in [-0.15, -0.1) is 0 Å². The van der Waals surface area contributed by atoms with Crippen LogP contribution in [0.4, 0.5) is 0 Å². The molecule has 1 fully saturated rings. The molecule has 4 nitrogen and oxygen atoms in total. The Labute approximate surface area is 191 Å². The zero-order valence-electron chi connectivity index (χ0n) is 17.3. The molecule has 0 spiro atoms. The van der Waals surface area contributed by atoms with E-state index in [9.17, 15) is 9.90 Å². The van der Waals surface area contributed by atoms with Crippen molar-refractivity contribution in [2.45, 2.75) is 25.5 Å². The van der Waals surface area contributed by atoms with Gasteiger partial charge in [0.05, 0.1) is 12.0 Å². The van der Waals surface area contributed by atoms with Crippen molar-refractivity contribution in [3.8, 4) is 5.75 Å². The van der Waals surface area contributed by atoms with Gasteiger partial charge >= 0.3 is 5.97 Å². The molecule has 1 heterocycles. The molecule has 1 N–H and O–H groups in total. The van der Waals surface area contributed by atoms with Crippen molar-refractivity contribution < 1.29 is 14.6 Å². The standard InChI is InChI=1S/C26H26BrNO3/c27-23-12-6-4-10-21(23)25(28-16-14-20(15-17-28)26(29)30)22-11-5-7-13-24(22)31-18-19-8-2-1-3-9-19/h1-13,20,25H,14-18H2,(H,29,30). The highest BCUT2D eigenvalue weighted by molar-refractivity contribution is 9.10. The molecule has 160 valence electrons. The molecule has 0 bridgehead atoms. The Bertz CT molecular complexity index is 1020. The highest BCUT2D eigenvalue weighted by Gasteiger charge is 2.32. The first-order valence-corrected chi connectivity index (χ1v) is 11.4. The highest BCUT2D eigenvalue weighted by Crippen LogP contribution is 2.40. The lowest BCUT2D eigenvalue weighted by molar-refractivity contribution is -0.143. The number of hydrogen-bond donors (Lipinski definition) is 1. The molecule has 1 aliphatic rings. The molecule has 0 saturated carbocycles. The summed E-state index contributed by atoms with van der Waals surface area (Å²) in [6.45, 7) is 1.97. The third-order valence-corrected chi connectivity index (χ3v) is 6.62. The molecule has 1 saturated heterocycles. The monoisotopic (exact) mass is 479 g/mol. The fourth-order valence-electron chi connectivity index (χ4n) is 4.24. The third-order valence-electron chi connectivity index (χ3n) is 5.89. The van der Waals surface area contributed by atoms with Crippen LogP contribution in [0.1, 0.15) is 35.6 Å². The van der Waals surface area contributed by atoms with Crippen LogP contribution in [-0.4, -0.2) is 29.1 Å². The van der Waals surface area contributed by atoms with Crippen LogP contribution in [0.15, 0.2) is 83.3 Å². The van der Waals surface area contributed by atoms with Crippen LogP contribution in [0, 0.1) is 5.92 Å². The van der Waals surface area contributed by atoms with Gasteiger partial charge in [-0.25, -0.2) is 0 Å². The van der Waals surface area contributed by atoms with E-state index in [1.807, 2.05) is 48.5 Å². The Hall–Kier alpha value is -2.63. The average molecular weight is 480 g/mol. The van der Waals surface area contributed by atoms with E-state index < -0.39 is 5.97 Å². The van der Waals surface area contributed by atoms with Crippen molar-refractivity contribution in [3.05, 3.63) is 100 Å². The minimum Gasteiger partial charge on any atom is -0.489 e. The molecule has 3 aromatic rings. The number of piperidine rings is 1. The lowest BCUT2D eigenvalue weighted by Gasteiger charge is -2.38. The highest BCUT2D eigenvalue weighted by atomic mass is 79.9. The van der Waals surface area contributed by atoms with E-state index in [4.69, 9.17) is 4.74 Å². The maximum Gasteiger partial charge on any atom is 0.306 e. The first-order chi connectivity index (χ1) is 15.1. The van der Waals surface area contributed by atoms with Crippen molar-refractivity contribution in [3.63, 3.8) is 0 Å². The van der Waals surface area contributed by atoms with Gasteiger partial charge in [-0.2, -0.15) is 0 Å². The Morgan fingerprint density at radius 1 is 0.935 bits per heavy atom. The van der Waals surface area contributed by atoms with E-state index in [1.165, 1.54) is 0 Å². The van der Waals surface area contributed by atoms with E-state index in [2.05, 4.69) is 51.2 Å². The van der Waals surface area contributed by atoms with E-state index in [1.54, 1.807) is 0 Å². The van der Waals surface area contributed by atoms with Gasteiger partial charge in [-0.05, 0) is 49.2 Å². The summed E-state index contributed by atoms with van der Waals surface area (Å²) in [4.78, 5) is 13.8. The van der Waals surface area contributed by atoms with E-state index in [0.29, 0.717) is 19.4 Å². The number of carboxylic acids is 1. The number of halogens is 1. The molecule has 1 atom stereocenters. The molecule has 4 rings (SSSR count). The van der Waals surface area contributed by atoms with Crippen molar-refractivity contribution in [2.75, 3.05) is 13.1 Å². The predicted molar refractivity (Wildman–Crippen MR) is 125 cm³/mol. The summed E-state index contributed by atoms with van der Waals surface area (Å²) < 4.78 is 7.32. The minimum atomic E-state index is -0.691. The summed E-state index contributed by atoms with van der Waals surface area (Å²) in [7, 11) is 0. The van der Waals surface area contributed by atoms with Gasteiger partial charge in [0, 0.05) is 10.0 Å². The number of carbonyl (C=O) groups is 1. The van der Waals surface area contributed by atoms with Gasteiger partial charge in [-0.3, -0.25) is 9.69 Å². The van der Waals surface area contributed by atoms with Crippen LogP contribution in [-0.2, 0) is 11.4 Å². The van der Waals surface area contributed by atoms with E-state index >= 15 is 0 Å². The fourth-order valence-corrected chi connectivity index (χ4v) is 4.74. The summed E-state index contributed by atoms with van der Waals surface area (Å²) in [5.41, 5.74) is 3.38. The largest absolute Gasteiger partial charge is 0.489 e. The van der Waals surface area contributed by atoms with Crippen molar-refractivity contribution in [1.29, 1.82) is 0 Å². The molecule has 0 radical (unpaired) electrons. The fraction of sp³-hybridized carbons (Fsp3) is 0.269. The summed E-state index contributed by atoms with van der Waals surface area (Å²) >= 11 is 3.73. The smallest absolute Gasteiger partial charge is 0.306 e. The van der Waals surface area contributed by atoms with E-state index in [0.717, 1.165) is 40.0 Å². The maximum atomic E-state index is 11.5. The SMILES string of the molecule is O=C(O)C1CCN(C(c2ccccc2Br)c2ccccc2OCc2ccccc2)CC1. The number of ether oxygens (including phenoxy) is 1. The molecule has 1 aliphatic heterocycles. The molecule has 0 aliphatic carbocycles. The Kier molecular flexibility index (Phi) is 7.05. The van der Waals surface area contributed by atoms with Crippen LogP contribution in [0.5, 0.6) is 5.75 Å². The van der Waals surface area contributed by atoms with Crippen LogP contribution < -0.4 is 4.74 Å². The summed E-state index contributed by atoms with van der Waals surface area (Å²) in [6.07, 6.45) is 1.31. The normalized spacial score (nSPS) is 16.0. The summed E-state index contributed by atoms with van der Waals surface area (Å²) in [6, 6.07) is 26.6. The zero-order valence-corrected chi connectivity index (χ0v) is 18.9. The Balaban J connectivity index is 1.66. The van der Waals surface area contributed by atoms with Crippen LogP contribution in [0.2, 0.25) is 0 Å². The quantitative estimate of drug-likeness (QED) is 0.457. The lowest BCUT2D eigenvalue weighted by Crippen LogP contribution is -2.39. The number of likely N-dealkylation sites (tertiary alicyclic amines) is 1. The van der Waals surface area contributed by atoms with Crippen molar-refractivity contribution >= 4 is 21.9 Å². The number of rotatable bonds is 7. The van der Waals surface area contributed by atoms with Crippen molar-refractivity contribution in [2.24, 2.45) is 5.92 Å². The molecule has 3 aromatic carbocycles. The molecule has 5 heteroatoms. The number of benzene rings is 3. The lowest BCUT2D eigenvalue weighted by atomic mass is 9.91. The van der Waals surface area contributed by atoms with E-state index in [-0.39, 0.29) is 12.0 Å². The average Bonchev–Trinajstić information content (AvgIpc) is 2.81. The van der Waals surface area contributed by atoms with Gasteiger partial charge in [0.25, 0.3) is 0 Å². The topological polar surface area (TPSA) is 49.8 Å². The van der Waals surface area contributed by atoms with Gasteiger partial charge < -0.3 is 9.84 Å². The minimum absolute atomic E-state index is 0.0164. The van der Waals surface area contributed by atoms with Gasteiger partial charge in [0.1, 0.15) is 12.4 Å². The first kappa shape index (κ1) is 21.6. The van der Waals surface area contributed by atoms with Crippen LogP contribution in [0.3, 0.4) is 0 Å². The second kappa shape index (κ2) is 10.1. The first-order valence-electron chi connectivity index (χ1n) is 10.6. The molecule has 1 unspecified atom stereocenters. The third kappa shape index (κ3) is 5.17. The number of carboxylic acid groups (broad SMARTS) is 1. The second-order valence-electron chi connectivity index (χ2n) is 7.88. The molecular formula is C26H26BrNO3. The van der Waals surface area contributed by atoms with Crippen LogP contribution in [0.25, 0.3) is 0 Å². The van der Waals surface area contributed by atoms with Gasteiger partial charge in [0.15, 0.2) is 0 Å². The second-order valence-corrected chi connectivity index (χ2v) is 8.74. The van der Waals surface area contributed by atoms with Gasteiger partial charge in [0.2, 0.25) is 0 Å². The Morgan fingerprint density at radius 2 is 1.55 bits per heavy atom. The van der Waals surface area contributed by atoms with Crippen molar-refractivity contribution in [1.82, 2.24) is 4.90 Å². The molecular weight excluding hydrogens is 454 g/mol.